The molecule has 2 heterocycles. The number of hydrogen-bond donors (Lipinski definition) is 1. The zero-order chi connectivity index (χ0) is 15.8. The van der Waals surface area contributed by atoms with Gasteiger partial charge in [0.15, 0.2) is 0 Å². The van der Waals surface area contributed by atoms with Gasteiger partial charge in [0, 0.05) is 44.6 Å². The van der Waals surface area contributed by atoms with Gasteiger partial charge in [0.25, 0.3) is 0 Å². The van der Waals surface area contributed by atoms with Crippen molar-refractivity contribution >= 4 is 17.3 Å². The van der Waals surface area contributed by atoms with Gasteiger partial charge in [-0.05, 0) is 23.6 Å². The highest BCUT2D eigenvalue weighted by molar-refractivity contribution is 6.33. The van der Waals surface area contributed by atoms with Crippen LogP contribution in [0.1, 0.15) is 17.2 Å². The van der Waals surface area contributed by atoms with Gasteiger partial charge in [-0.2, -0.15) is 0 Å². The average Bonchev–Trinajstić information content (AvgIpc) is 2.93. The van der Waals surface area contributed by atoms with Crippen molar-refractivity contribution in [2.45, 2.75) is 18.6 Å². The summed E-state index contributed by atoms with van der Waals surface area (Å²) in [7, 11) is 0. The number of rotatable bonds is 2. The van der Waals surface area contributed by atoms with Crippen LogP contribution in [0.5, 0.6) is 0 Å². The average molecular weight is 330 g/mol. The van der Waals surface area contributed by atoms with Crippen molar-refractivity contribution in [3.63, 3.8) is 0 Å². The van der Waals surface area contributed by atoms with Gasteiger partial charge in [-0.25, -0.2) is 0 Å². The molecule has 0 saturated carbocycles. The molecule has 1 aromatic heterocycles. The van der Waals surface area contributed by atoms with Gasteiger partial charge in [-0.1, -0.05) is 35.9 Å². The number of aliphatic hydroxyl groups excluding tert-OH is 1. The van der Waals surface area contributed by atoms with Crippen LogP contribution < -0.4 is 4.90 Å². The minimum atomic E-state index is -0.373. The summed E-state index contributed by atoms with van der Waals surface area (Å²) in [5, 5.41) is 11.3. The van der Waals surface area contributed by atoms with E-state index in [1.807, 2.05) is 18.2 Å². The molecule has 1 fully saturated rings. The summed E-state index contributed by atoms with van der Waals surface area (Å²) in [6.07, 6.45) is 4.04. The van der Waals surface area contributed by atoms with Crippen LogP contribution in [0.15, 0.2) is 42.7 Å². The number of benzene rings is 1. The highest BCUT2D eigenvalue weighted by Crippen LogP contribution is 2.35. The lowest BCUT2D eigenvalue weighted by atomic mass is 10.1. The largest absolute Gasteiger partial charge is 0.387 e. The van der Waals surface area contributed by atoms with Crippen molar-refractivity contribution in [1.29, 1.82) is 0 Å². The van der Waals surface area contributed by atoms with Gasteiger partial charge in [0.1, 0.15) is 0 Å². The Kier molecular flexibility index (Phi) is 3.97. The molecule has 2 aliphatic rings. The van der Waals surface area contributed by atoms with Crippen LogP contribution in [0.4, 0.5) is 5.69 Å². The topological polar surface area (TPSA) is 39.6 Å². The molecule has 120 valence electrons. The molecule has 5 heteroatoms. The maximum atomic E-state index is 10.6. The highest BCUT2D eigenvalue weighted by Gasteiger charge is 2.36. The molecular weight excluding hydrogens is 310 g/mol. The maximum absolute atomic E-state index is 10.6. The third-order valence-electron chi connectivity index (χ3n) is 5.04. The third kappa shape index (κ3) is 2.71. The predicted molar refractivity (Wildman–Crippen MR) is 91.9 cm³/mol. The van der Waals surface area contributed by atoms with E-state index in [-0.39, 0.29) is 12.1 Å². The highest BCUT2D eigenvalue weighted by atomic mass is 35.5. The Balaban J connectivity index is 1.44. The first-order chi connectivity index (χ1) is 11.2. The van der Waals surface area contributed by atoms with E-state index in [0.717, 1.165) is 43.9 Å². The fraction of sp³-hybridized carbons (Fsp3) is 0.389. The molecule has 1 aromatic carbocycles. The molecule has 1 aliphatic heterocycles. The third-order valence-corrected chi connectivity index (χ3v) is 5.33. The smallest absolute Gasteiger partial charge is 0.0951 e. The number of pyridine rings is 1. The molecule has 4 nitrogen and oxygen atoms in total. The summed E-state index contributed by atoms with van der Waals surface area (Å²) in [4.78, 5) is 8.76. The van der Waals surface area contributed by atoms with Crippen LogP contribution in [0.3, 0.4) is 0 Å². The summed E-state index contributed by atoms with van der Waals surface area (Å²) in [5.41, 5.74) is 3.43. The normalized spacial score (nSPS) is 24.7. The number of fused-ring (bicyclic) bond motifs is 1. The maximum Gasteiger partial charge on any atom is 0.0951 e. The molecule has 2 aromatic rings. The molecule has 0 spiro atoms. The number of aromatic nitrogens is 1. The predicted octanol–water partition coefficient (Wildman–Crippen LogP) is 2.52. The first-order valence-electron chi connectivity index (χ1n) is 8.08. The van der Waals surface area contributed by atoms with Crippen molar-refractivity contribution in [3.05, 3.63) is 58.9 Å². The van der Waals surface area contributed by atoms with Crippen LogP contribution in [0.2, 0.25) is 5.02 Å². The van der Waals surface area contributed by atoms with E-state index in [1.54, 1.807) is 12.4 Å². The second-order valence-electron chi connectivity index (χ2n) is 6.27. The molecule has 2 unspecified atom stereocenters. The molecular formula is C18H20ClN3O. The van der Waals surface area contributed by atoms with Crippen LogP contribution in [-0.2, 0) is 6.42 Å². The zero-order valence-electron chi connectivity index (χ0n) is 12.9. The van der Waals surface area contributed by atoms with Crippen molar-refractivity contribution in [2.75, 3.05) is 31.1 Å². The van der Waals surface area contributed by atoms with Gasteiger partial charge < -0.3 is 10.0 Å². The van der Waals surface area contributed by atoms with Gasteiger partial charge in [0.2, 0.25) is 0 Å². The second-order valence-corrected chi connectivity index (χ2v) is 6.67. The Morgan fingerprint density at radius 2 is 1.87 bits per heavy atom. The monoisotopic (exact) mass is 329 g/mol. The van der Waals surface area contributed by atoms with Crippen molar-refractivity contribution in [3.8, 4) is 0 Å². The molecule has 4 rings (SSSR count). The fourth-order valence-electron chi connectivity index (χ4n) is 3.80. The number of anilines is 1. The molecule has 0 amide bonds. The minimum absolute atomic E-state index is 0.197. The number of hydrogen-bond acceptors (Lipinski definition) is 4. The molecule has 23 heavy (non-hydrogen) atoms. The second kappa shape index (κ2) is 6.11. The van der Waals surface area contributed by atoms with E-state index < -0.39 is 0 Å². The lowest BCUT2D eigenvalue weighted by Crippen LogP contribution is -2.51. The molecule has 1 N–H and O–H groups in total. The number of piperazine rings is 1. The van der Waals surface area contributed by atoms with Gasteiger partial charge >= 0.3 is 0 Å². The molecule has 0 bridgehead atoms. The Hall–Kier alpha value is -1.62. The number of halogens is 1. The SMILES string of the molecule is OC1c2ccccc2CC1N1CCN(c2ccncc2Cl)CC1. The Morgan fingerprint density at radius 1 is 1.09 bits per heavy atom. The summed E-state index contributed by atoms with van der Waals surface area (Å²) in [5.74, 6) is 0. The number of aliphatic hydroxyl groups is 1. The Bertz CT molecular complexity index is 700. The minimum Gasteiger partial charge on any atom is -0.387 e. The van der Waals surface area contributed by atoms with E-state index in [1.165, 1.54) is 5.56 Å². The van der Waals surface area contributed by atoms with E-state index in [4.69, 9.17) is 11.6 Å². The van der Waals surface area contributed by atoms with Crippen LogP contribution in [0, 0.1) is 0 Å². The van der Waals surface area contributed by atoms with E-state index in [0.29, 0.717) is 5.02 Å². The lowest BCUT2D eigenvalue weighted by molar-refractivity contribution is 0.0572. The Labute approximate surface area is 141 Å². The summed E-state index contributed by atoms with van der Waals surface area (Å²) in [6, 6.07) is 10.4. The quantitative estimate of drug-likeness (QED) is 0.919. The summed E-state index contributed by atoms with van der Waals surface area (Å²) < 4.78 is 0. The Morgan fingerprint density at radius 3 is 2.61 bits per heavy atom. The lowest BCUT2D eigenvalue weighted by Gasteiger charge is -2.40. The molecule has 1 aliphatic carbocycles. The fourth-order valence-corrected chi connectivity index (χ4v) is 4.04. The molecule has 0 radical (unpaired) electrons. The van der Waals surface area contributed by atoms with Crippen LogP contribution in [-0.4, -0.2) is 47.2 Å². The van der Waals surface area contributed by atoms with E-state index in [2.05, 4.69) is 26.9 Å². The summed E-state index contributed by atoms with van der Waals surface area (Å²) in [6.45, 7) is 3.72. The van der Waals surface area contributed by atoms with Crippen molar-refractivity contribution in [2.24, 2.45) is 0 Å². The standard InChI is InChI=1S/C18H20ClN3O/c19-15-12-20-6-5-16(15)21-7-9-22(10-8-21)17-11-13-3-1-2-4-14(13)18(17)23/h1-6,12,17-18,23H,7-11H2. The molecule has 1 saturated heterocycles. The number of nitrogens with zero attached hydrogens (tertiary/aromatic N) is 3. The zero-order valence-corrected chi connectivity index (χ0v) is 13.7. The van der Waals surface area contributed by atoms with Crippen molar-refractivity contribution in [1.82, 2.24) is 9.88 Å². The van der Waals surface area contributed by atoms with Crippen LogP contribution in [0.25, 0.3) is 0 Å². The van der Waals surface area contributed by atoms with Gasteiger partial charge in [-0.15, -0.1) is 0 Å². The van der Waals surface area contributed by atoms with E-state index >= 15 is 0 Å². The van der Waals surface area contributed by atoms with Gasteiger partial charge in [-0.3, -0.25) is 9.88 Å². The van der Waals surface area contributed by atoms with Crippen molar-refractivity contribution < 1.29 is 5.11 Å². The van der Waals surface area contributed by atoms with Gasteiger partial charge in [0.05, 0.1) is 16.8 Å². The first kappa shape index (κ1) is 14.9. The van der Waals surface area contributed by atoms with Crippen LogP contribution >= 0.6 is 11.6 Å². The van der Waals surface area contributed by atoms with E-state index in [9.17, 15) is 5.11 Å². The first-order valence-corrected chi connectivity index (χ1v) is 8.46. The molecule has 2 atom stereocenters. The summed E-state index contributed by atoms with van der Waals surface area (Å²) >= 11 is 6.25.